The number of anilines is 2. The van der Waals surface area contributed by atoms with Gasteiger partial charge in [-0.05, 0) is 63.7 Å². The zero-order chi connectivity index (χ0) is 22.8. The molecule has 1 aromatic carbocycles. The average Bonchev–Trinajstić information content (AvgIpc) is 3.20. The summed E-state index contributed by atoms with van der Waals surface area (Å²) in [7, 11) is 4.08. The second kappa shape index (κ2) is 8.81. The van der Waals surface area contributed by atoms with Crippen LogP contribution in [0.4, 0.5) is 11.4 Å². The highest BCUT2D eigenvalue weighted by Crippen LogP contribution is 2.30. The smallest absolute Gasteiger partial charge is 0.257 e. The SMILES string of the molecule is Cc1cc(O)nc2ccc(NC(=O)c3cc(C#N)ncc3N3CCCC3CN(C)C)cc12. The lowest BCUT2D eigenvalue weighted by molar-refractivity contribution is 0.102. The second-order valence-corrected chi connectivity index (χ2v) is 8.43. The van der Waals surface area contributed by atoms with Crippen LogP contribution in [-0.2, 0) is 0 Å². The molecule has 3 aromatic rings. The molecular weight excluding hydrogens is 404 g/mol. The number of fused-ring (bicyclic) bond motifs is 1. The number of hydrogen-bond donors (Lipinski definition) is 2. The zero-order valence-corrected chi connectivity index (χ0v) is 18.5. The van der Waals surface area contributed by atoms with Crippen molar-refractivity contribution in [2.24, 2.45) is 0 Å². The molecule has 1 amide bonds. The van der Waals surface area contributed by atoms with Crippen LogP contribution in [0.2, 0.25) is 0 Å². The van der Waals surface area contributed by atoms with Crippen molar-refractivity contribution >= 4 is 28.2 Å². The van der Waals surface area contributed by atoms with Crippen LogP contribution in [0.1, 0.15) is 34.5 Å². The molecule has 0 radical (unpaired) electrons. The molecule has 1 aliphatic heterocycles. The maximum absolute atomic E-state index is 13.3. The highest BCUT2D eigenvalue weighted by atomic mass is 16.3. The first-order valence-corrected chi connectivity index (χ1v) is 10.6. The van der Waals surface area contributed by atoms with Gasteiger partial charge in [-0.25, -0.2) is 9.97 Å². The van der Waals surface area contributed by atoms with Crippen LogP contribution >= 0.6 is 0 Å². The fraction of sp³-hybridized carbons (Fsp3) is 0.333. The summed E-state index contributed by atoms with van der Waals surface area (Å²) in [5.74, 6) is -0.326. The fourth-order valence-corrected chi connectivity index (χ4v) is 4.34. The van der Waals surface area contributed by atoms with Crippen LogP contribution in [0, 0.1) is 18.3 Å². The Balaban J connectivity index is 1.67. The van der Waals surface area contributed by atoms with Gasteiger partial charge in [-0.3, -0.25) is 4.79 Å². The summed E-state index contributed by atoms with van der Waals surface area (Å²) in [6.45, 7) is 3.61. The summed E-state index contributed by atoms with van der Waals surface area (Å²) in [6, 6.07) is 10.8. The molecule has 4 rings (SSSR count). The van der Waals surface area contributed by atoms with E-state index in [4.69, 9.17) is 0 Å². The van der Waals surface area contributed by atoms with Crippen molar-refractivity contribution in [1.82, 2.24) is 14.9 Å². The molecule has 3 heterocycles. The highest BCUT2D eigenvalue weighted by molar-refractivity contribution is 6.09. The third kappa shape index (κ3) is 4.34. The lowest BCUT2D eigenvalue weighted by Crippen LogP contribution is -2.38. The van der Waals surface area contributed by atoms with E-state index in [0.717, 1.165) is 42.6 Å². The number of carbonyl (C=O) groups is 1. The monoisotopic (exact) mass is 430 g/mol. The van der Waals surface area contributed by atoms with Gasteiger partial charge in [-0.2, -0.15) is 5.26 Å². The van der Waals surface area contributed by atoms with E-state index in [2.05, 4.69) is 25.1 Å². The van der Waals surface area contributed by atoms with E-state index in [-0.39, 0.29) is 23.5 Å². The molecule has 0 bridgehead atoms. The minimum Gasteiger partial charge on any atom is -0.493 e. The van der Waals surface area contributed by atoms with Gasteiger partial charge < -0.3 is 20.2 Å². The van der Waals surface area contributed by atoms with E-state index in [0.29, 0.717) is 16.8 Å². The molecule has 1 fully saturated rings. The third-order valence-electron chi connectivity index (χ3n) is 5.76. The summed E-state index contributed by atoms with van der Waals surface area (Å²) in [4.78, 5) is 26.0. The fourth-order valence-electron chi connectivity index (χ4n) is 4.34. The van der Waals surface area contributed by atoms with Gasteiger partial charge in [-0.1, -0.05) is 0 Å². The molecule has 1 saturated heterocycles. The summed E-state index contributed by atoms with van der Waals surface area (Å²) < 4.78 is 0. The number of pyridine rings is 2. The standard InChI is InChI=1S/C24H26N6O2/c1-15-9-23(31)28-21-7-6-16(10-19(15)21)27-24(32)20-11-17(12-25)26-13-22(20)30-8-4-5-18(30)14-29(2)3/h6-7,9-11,13,18H,4-5,8,14H2,1-3H3,(H,27,32)(H,28,31). The largest absolute Gasteiger partial charge is 0.493 e. The maximum atomic E-state index is 13.3. The van der Waals surface area contributed by atoms with Crippen molar-refractivity contribution in [2.75, 3.05) is 37.4 Å². The summed E-state index contributed by atoms with van der Waals surface area (Å²) in [5.41, 5.74) is 3.52. The Labute approximate surface area is 187 Å². The molecule has 0 spiro atoms. The van der Waals surface area contributed by atoms with Gasteiger partial charge in [-0.15, -0.1) is 0 Å². The lowest BCUT2D eigenvalue weighted by Gasteiger charge is -2.30. The van der Waals surface area contributed by atoms with E-state index in [1.807, 2.05) is 33.2 Å². The van der Waals surface area contributed by atoms with E-state index >= 15 is 0 Å². The predicted octanol–water partition coefficient (Wildman–Crippen LogP) is 3.30. The maximum Gasteiger partial charge on any atom is 0.257 e. The zero-order valence-electron chi connectivity index (χ0n) is 18.5. The molecule has 32 heavy (non-hydrogen) atoms. The van der Waals surface area contributed by atoms with E-state index in [9.17, 15) is 15.2 Å². The molecular formula is C24H26N6O2. The molecule has 8 heteroatoms. The molecule has 1 aliphatic rings. The minimum atomic E-state index is -0.293. The van der Waals surface area contributed by atoms with Gasteiger partial charge in [0.05, 0.1) is 23.0 Å². The second-order valence-electron chi connectivity index (χ2n) is 8.43. The van der Waals surface area contributed by atoms with Crippen LogP contribution in [0.3, 0.4) is 0 Å². The molecule has 164 valence electrons. The number of aromatic nitrogens is 2. The number of nitriles is 1. The molecule has 0 saturated carbocycles. The van der Waals surface area contributed by atoms with Gasteiger partial charge >= 0.3 is 0 Å². The summed E-state index contributed by atoms with van der Waals surface area (Å²) >= 11 is 0. The van der Waals surface area contributed by atoms with Crippen LogP contribution < -0.4 is 10.2 Å². The Kier molecular flexibility index (Phi) is 5.93. The molecule has 0 aliphatic carbocycles. The van der Waals surface area contributed by atoms with Crippen molar-refractivity contribution < 1.29 is 9.90 Å². The Hall–Kier alpha value is -3.70. The first-order chi connectivity index (χ1) is 15.4. The van der Waals surface area contributed by atoms with Crippen molar-refractivity contribution in [2.45, 2.75) is 25.8 Å². The van der Waals surface area contributed by atoms with E-state index in [1.54, 1.807) is 30.5 Å². The summed E-state index contributed by atoms with van der Waals surface area (Å²) in [5, 5.41) is 22.9. The number of carbonyl (C=O) groups excluding carboxylic acids is 1. The van der Waals surface area contributed by atoms with Crippen molar-refractivity contribution in [3.63, 3.8) is 0 Å². The topological polar surface area (TPSA) is 105 Å². The predicted molar refractivity (Wildman–Crippen MR) is 124 cm³/mol. The minimum absolute atomic E-state index is 0.0323. The van der Waals surface area contributed by atoms with Gasteiger partial charge in [0.2, 0.25) is 5.88 Å². The quantitative estimate of drug-likeness (QED) is 0.640. The Morgan fingerprint density at radius 1 is 1.34 bits per heavy atom. The average molecular weight is 431 g/mol. The number of rotatable bonds is 5. The van der Waals surface area contributed by atoms with Crippen molar-refractivity contribution in [3.05, 3.63) is 53.3 Å². The first-order valence-electron chi connectivity index (χ1n) is 10.6. The Morgan fingerprint density at radius 2 is 2.16 bits per heavy atom. The van der Waals surface area contributed by atoms with Crippen LogP contribution in [0.15, 0.2) is 36.5 Å². The van der Waals surface area contributed by atoms with Gasteiger partial charge in [0, 0.05) is 36.3 Å². The Bertz CT molecular complexity index is 1220. The number of likely N-dealkylation sites (N-methyl/N-ethyl adjacent to an activating group) is 1. The number of benzene rings is 1. The van der Waals surface area contributed by atoms with E-state index < -0.39 is 0 Å². The number of nitrogens with zero attached hydrogens (tertiary/aromatic N) is 5. The lowest BCUT2D eigenvalue weighted by atomic mass is 10.1. The van der Waals surface area contributed by atoms with Gasteiger partial charge in [0.15, 0.2) is 0 Å². The third-order valence-corrected chi connectivity index (χ3v) is 5.76. The highest BCUT2D eigenvalue weighted by Gasteiger charge is 2.29. The molecule has 2 N–H and O–H groups in total. The molecule has 2 aromatic heterocycles. The first kappa shape index (κ1) is 21.5. The van der Waals surface area contributed by atoms with Crippen molar-refractivity contribution in [3.8, 4) is 11.9 Å². The number of aromatic hydroxyl groups is 1. The van der Waals surface area contributed by atoms with Gasteiger partial charge in [0.1, 0.15) is 11.8 Å². The Morgan fingerprint density at radius 3 is 2.91 bits per heavy atom. The van der Waals surface area contributed by atoms with Gasteiger partial charge in [0.25, 0.3) is 5.91 Å². The number of aryl methyl sites for hydroxylation is 1. The number of amides is 1. The summed E-state index contributed by atoms with van der Waals surface area (Å²) in [6.07, 6.45) is 3.73. The van der Waals surface area contributed by atoms with Crippen LogP contribution in [0.5, 0.6) is 5.88 Å². The van der Waals surface area contributed by atoms with Crippen molar-refractivity contribution in [1.29, 1.82) is 5.26 Å². The van der Waals surface area contributed by atoms with Crippen LogP contribution in [-0.4, -0.2) is 59.1 Å². The normalized spacial score (nSPS) is 15.8. The number of hydrogen-bond acceptors (Lipinski definition) is 7. The number of nitrogens with one attached hydrogen (secondary N) is 1. The molecule has 1 atom stereocenters. The molecule has 1 unspecified atom stereocenters. The van der Waals surface area contributed by atoms with E-state index in [1.165, 1.54) is 0 Å². The molecule has 8 nitrogen and oxygen atoms in total. The van der Waals surface area contributed by atoms with Crippen LogP contribution in [0.25, 0.3) is 10.9 Å².